The van der Waals surface area contributed by atoms with Crippen molar-refractivity contribution in [3.8, 4) is 17.0 Å². The minimum Gasteiger partial charge on any atom is -0.491 e. The van der Waals surface area contributed by atoms with Crippen LogP contribution in [0.4, 0.5) is 5.82 Å². The number of aromatic amines is 2. The second-order valence-corrected chi connectivity index (χ2v) is 6.05. The molecule has 0 saturated carbocycles. The zero-order chi connectivity index (χ0) is 17.8. The Morgan fingerprint density at radius 2 is 2.08 bits per heavy atom. The van der Waals surface area contributed by atoms with Crippen molar-refractivity contribution in [3.05, 3.63) is 40.7 Å². The number of rotatable bonds is 7. The second kappa shape index (κ2) is 7.40. The average molecular weight is 342 g/mol. The lowest BCUT2D eigenvalue weighted by molar-refractivity contribution is 0.146. The van der Waals surface area contributed by atoms with Gasteiger partial charge < -0.3 is 19.8 Å². The van der Waals surface area contributed by atoms with Crippen LogP contribution in [0.2, 0.25) is 0 Å². The Labute approximate surface area is 145 Å². The summed E-state index contributed by atoms with van der Waals surface area (Å²) < 4.78 is 10.6. The smallest absolute Gasteiger partial charge is 0.190 e. The zero-order valence-electron chi connectivity index (χ0n) is 14.6. The first-order valence-electron chi connectivity index (χ1n) is 8.17. The van der Waals surface area contributed by atoms with Gasteiger partial charge in [0.1, 0.15) is 18.2 Å². The maximum Gasteiger partial charge on any atom is 0.190 e. The molecule has 0 unspecified atom stereocenters. The minimum absolute atomic E-state index is 0.0520. The summed E-state index contributed by atoms with van der Waals surface area (Å²) in [6, 6.07) is 7.21. The van der Waals surface area contributed by atoms with Crippen molar-refractivity contribution < 1.29 is 9.47 Å². The molecule has 132 valence electrons. The number of nitrogens with zero attached hydrogens (tertiary/aromatic N) is 1. The molecule has 0 saturated heterocycles. The molecule has 0 amide bonds. The van der Waals surface area contributed by atoms with Crippen molar-refractivity contribution in [2.24, 2.45) is 0 Å². The van der Waals surface area contributed by atoms with Gasteiger partial charge in [-0.1, -0.05) is 0 Å². The van der Waals surface area contributed by atoms with E-state index < -0.39 is 0 Å². The van der Waals surface area contributed by atoms with Crippen LogP contribution < -0.4 is 15.5 Å². The van der Waals surface area contributed by atoms with E-state index in [-0.39, 0.29) is 11.5 Å². The van der Waals surface area contributed by atoms with E-state index >= 15 is 0 Å². The van der Waals surface area contributed by atoms with Gasteiger partial charge in [0.25, 0.3) is 0 Å². The lowest BCUT2D eigenvalue weighted by Crippen LogP contribution is -2.11. The van der Waals surface area contributed by atoms with Crippen molar-refractivity contribution in [2.75, 3.05) is 25.6 Å². The monoisotopic (exact) mass is 342 g/mol. The summed E-state index contributed by atoms with van der Waals surface area (Å²) in [6.45, 7) is 5.04. The number of benzene rings is 1. The zero-order valence-corrected chi connectivity index (χ0v) is 14.6. The number of methoxy groups -OCH3 is 1. The number of nitrogens with one attached hydrogen (secondary N) is 3. The number of fused-ring (bicyclic) bond motifs is 1. The molecule has 3 N–H and O–H groups in total. The number of H-pyrrole nitrogens is 2. The van der Waals surface area contributed by atoms with E-state index in [9.17, 15) is 4.79 Å². The molecule has 0 radical (unpaired) electrons. The molecular formula is C18H22N4O3. The molecule has 7 heteroatoms. The highest BCUT2D eigenvalue weighted by Gasteiger charge is 2.12. The molecule has 0 bridgehead atoms. The third kappa shape index (κ3) is 3.83. The summed E-state index contributed by atoms with van der Waals surface area (Å²) in [5.74, 6) is 1.46. The molecule has 7 nitrogen and oxygen atoms in total. The Hall–Kier alpha value is -2.80. The van der Waals surface area contributed by atoms with Gasteiger partial charge >= 0.3 is 0 Å². The average Bonchev–Trinajstić information content (AvgIpc) is 3.02. The molecule has 0 aliphatic heterocycles. The topological polar surface area (TPSA) is 92.0 Å². The molecule has 1 aromatic carbocycles. The number of anilines is 1. The van der Waals surface area contributed by atoms with Crippen molar-refractivity contribution in [3.63, 3.8) is 0 Å². The van der Waals surface area contributed by atoms with E-state index in [4.69, 9.17) is 9.47 Å². The molecule has 0 fully saturated rings. The van der Waals surface area contributed by atoms with Crippen molar-refractivity contribution >= 4 is 16.7 Å². The first kappa shape index (κ1) is 17.0. The van der Waals surface area contributed by atoms with Crippen molar-refractivity contribution in [1.29, 1.82) is 0 Å². The van der Waals surface area contributed by atoms with Crippen LogP contribution in [0.25, 0.3) is 22.2 Å². The van der Waals surface area contributed by atoms with Gasteiger partial charge in [-0.05, 0) is 26.0 Å². The summed E-state index contributed by atoms with van der Waals surface area (Å²) >= 11 is 0. The quantitative estimate of drug-likeness (QED) is 0.574. The Morgan fingerprint density at radius 1 is 1.24 bits per heavy atom. The molecule has 2 aromatic heterocycles. The summed E-state index contributed by atoms with van der Waals surface area (Å²) in [7, 11) is 1.63. The van der Waals surface area contributed by atoms with E-state index in [0.717, 1.165) is 11.4 Å². The van der Waals surface area contributed by atoms with Crippen LogP contribution >= 0.6 is 0 Å². The van der Waals surface area contributed by atoms with Gasteiger partial charge in [0.15, 0.2) is 5.43 Å². The summed E-state index contributed by atoms with van der Waals surface area (Å²) in [5.41, 5.74) is 2.18. The summed E-state index contributed by atoms with van der Waals surface area (Å²) in [4.78, 5) is 15.8. The molecule has 0 aliphatic carbocycles. The van der Waals surface area contributed by atoms with Gasteiger partial charge in [-0.2, -0.15) is 5.10 Å². The van der Waals surface area contributed by atoms with E-state index in [1.165, 1.54) is 0 Å². The van der Waals surface area contributed by atoms with Gasteiger partial charge in [0.2, 0.25) is 0 Å². The highest BCUT2D eigenvalue weighted by atomic mass is 16.5. The molecular weight excluding hydrogens is 320 g/mol. The van der Waals surface area contributed by atoms with Crippen LogP contribution in [0.15, 0.2) is 35.3 Å². The van der Waals surface area contributed by atoms with Crippen molar-refractivity contribution in [1.82, 2.24) is 15.2 Å². The normalized spacial score (nSPS) is 11.2. The Balaban J connectivity index is 2.00. The number of aromatic nitrogens is 3. The largest absolute Gasteiger partial charge is 0.491 e. The number of ether oxygens (including phenoxy) is 2. The van der Waals surface area contributed by atoms with Crippen LogP contribution in [0, 0.1) is 0 Å². The maximum atomic E-state index is 12.5. The highest BCUT2D eigenvalue weighted by Crippen LogP contribution is 2.26. The van der Waals surface area contributed by atoms with E-state index in [1.807, 2.05) is 19.9 Å². The lowest BCUT2D eigenvalue weighted by atomic mass is 10.1. The van der Waals surface area contributed by atoms with Crippen LogP contribution in [-0.2, 0) is 4.74 Å². The fraction of sp³-hybridized carbons (Fsp3) is 0.333. The number of pyridine rings is 1. The predicted molar refractivity (Wildman–Crippen MR) is 98.3 cm³/mol. The molecule has 0 aliphatic rings. The van der Waals surface area contributed by atoms with E-state index in [0.29, 0.717) is 35.6 Å². The Morgan fingerprint density at radius 3 is 2.84 bits per heavy atom. The van der Waals surface area contributed by atoms with Gasteiger partial charge in [-0.15, -0.1) is 0 Å². The van der Waals surface area contributed by atoms with E-state index in [1.54, 1.807) is 31.5 Å². The molecule has 3 aromatic rings. The predicted octanol–water partition coefficient (Wildman–Crippen LogP) is 2.76. The van der Waals surface area contributed by atoms with Crippen LogP contribution in [0.5, 0.6) is 5.75 Å². The Kier molecular flexibility index (Phi) is 5.04. The van der Waals surface area contributed by atoms with Gasteiger partial charge in [-0.25, -0.2) is 0 Å². The van der Waals surface area contributed by atoms with Crippen LogP contribution in [0.1, 0.15) is 13.8 Å². The lowest BCUT2D eigenvalue weighted by Gasteiger charge is -2.11. The SMILES string of the molecule is COCCOc1ccc2c(=O)cc(-c3cn[nH]c3NC(C)C)[nH]c2c1. The summed E-state index contributed by atoms with van der Waals surface area (Å²) in [6.07, 6.45) is 1.70. The molecule has 3 rings (SSSR count). The van der Waals surface area contributed by atoms with Crippen molar-refractivity contribution in [2.45, 2.75) is 19.9 Å². The second-order valence-electron chi connectivity index (χ2n) is 6.05. The first-order valence-corrected chi connectivity index (χ1v) is 8.17. The van der Waals surface area contributed by atoms with Gasteiger partial charge in [0, 0.05) is 30.7 Å². The van der Waals surface area contributed by atoms with E-state index in [2.05, 4.69) is 20.5 Å². The third-order valence-corrected chi connectivity index (χ3v) is 3.72. The molecule has 2 heterocycles. The third-order valence-electron chi connectivity index (χ3n) is 3.72. The fourth-order valence-electron chi connectivity index (χ4n) is 2.60. The van der Waals surface area contributed by atoms with Crippen LogP contribution in [-0.4, -0.2) is 41.5 Å². The number of hydrogen-bond acceptors (Lipinski definition) is 5. The first-order chi connectivity index (χ1) is 12.1. The molecule has 25 heavy (non-hydrogen) atoms. The Bertz CT molecular complexity index is 914. The van der Waals surface area contributed by atoms with Gasteiger partial charge in [-0.3, -0.25) is 9.89 Å². The number of hydrogen-bond donors (Lipinski definition) is 3. The fourth-order valence-corrected chi connectivity index (χ4v) is 2.60. The van der Waals surface area contributed by atoms with Crippen LogP contribution in [0.3, 0.4) is 0 Å². The molecule has 0 atom stereocenters. The minimum atomic E-state index is -0.0520. The maximum absolute atomic E-state index is 12.5. The molecule has 0 spiro atoms. The standard InChI is InChI=1S/C18H22N4O3/c1-11(2)20-18-14(10-19-22-18)16-9-17(23)13-5-4-12(8-15(13)21-16)25-7-6-24-3/h4-5,8-11H,6-7H2,1-3H3,(H,21,23)(H2,19,20,22). The highest BCUT2D eigenvalue weighted by molar-refractivity contribution is 5.84. The summed E-state index contributed by atoms with van der Waals surface area (Å²) in [5, 5.41) is 10.9. The van der Waals surface area contributed by atoms with Gasteiger partial charge in [0.05, 0.1) is 29.6 Å².